The van der Waals surface area contributed by atoms with Crippen LogP contribution in [0.25, 0.3) is 0 Å². The van der Waals surface area contributed by atoms with Gasteiger partial charge < -0.3 is 5.32 Å². The van der Waals surface area contributed by atoms with E-state index in [9.17, 15) is 8.78 Å². The molecule has 94 valence electrons. The highest BCUT2D eigenvalue weighted by Crippen LogP contribution is 2.22. The molecule has 0 bridgehead atoms. The van der Waals surface area contributed by atoms with E-state index in [-0.39, 0.29) is 6.04 Å². The van der Waals surface area contributed by atoms with Gasteiger partial charge in [0.25, 0.3) is 0 Å². The fourth-order valence-corrected chi connectivity index (χ4v) is 1.78. The molecule has 0 heterocycles. The summed E-state index contributed by atoms with van der Waals surface area (Å²) in [7, 11) is 0. The van der Waals surface area contributed by atoms with Crippen molar-refractivity contribution in [3.05, 3.63) is 65.2 Å². The van der Waals surface area contributed by atoms with E-state index in [1.54, 1.807) is 0 Å². The van der Waals surface area contributed by atoms with Gasteiger partial charge in [0.2, 0.25) is 0 Å². The fraction of sp³-hybridized carbons (Fsp3) is 0.200. The molecule has 0 amide bonds. The average Bonchev–Trinajstić information content (AvgIpc) is 2.33. The maximum atomic E-state index is 13.5. The number of halogens is 2. The van der Waals surface area contributed by atoms with Gasteiger partial charge in [-0.25, -0.2) is 8.78 Å². The topological polar surface area (TPSA) is 12.0 Å². The van der Waals surface area contributed by atoms with Crippen LogP contribution in [-0.4, -0.2) is 0 Å². The third kappa shape index (κ3) is 2.86. The number of hydrogen-bond acceptors (Lipinski definition) is 1. The first-order chi connectivity index (χ1) is 8.56. The van der Waals surface area contributed by atoms with Crippen molar-refractivity contribution in [1.82, 2.24) is 0 Å². The van der Waals surface area contributed by atoms with Crippen molar-refractivity contribution >= 4 is 5.69 Å². The lowest BCUT2D eigenvalue weighted by Gasteiger charge is -2.16. The number of anilines is 1. The Morgan fingerprint density at radius 2 is 1.67 bits per heavy atom. The number of aryl methyl sites for hydroxylation is 1. The summed E-state index contributed by atoms with van der Waals surface area (Å²) in [5.41, 5.74) is 2.55. The van der Waals surface area contributed by atoms with Crippen LogP contribution in [0, 0.1) is 18.6 Å². The molecule has 0 spiro atoms. The Hall–Kier alpha value is -1.90. The second-order valence-electron chi connectivity index (χ2n) is 4.40. The van der Waals surface area contributed by atoms with Crippen LogP contribution in [0.1, 0.15) is 24.1 Å². The first-order valence-corrected chi connectivity index (χ1v) is 5.84. The van der Waals surface area contributed by atoms with Gasteiger partial charge in [0.1, 0.15) is 11.6 Å². The Kier molecular flexibility index (Phi) is 3.60. The van der Waals surface area contributed by atoms with Crippen LogP contribution in [0.5, 0.6) is 0 Å². The van der Waals surface area contributed by atoms with Crippen LogP contribution in [0.3, 0.4) is 0 Å². The van der Waals surface area contributed by atoms with E-state index in [4.69, 9.17) is 0 Å². The molecule has 2 aromatic carbocycles. The first kappa shape index (κ1) is 12.6. The van der Waals surface area contributed by atoms with Crippen LogP contribution in [0.2, 0.25) is 0 Å². The molecule has 1 N–H and O–H groups in total. The summed E-state index contributed by atoms with van der Waals surface area (Å²) in [6.45, 7) is 3.95. The molecule has 0 aromatic heterocycles. The lowest BCUT2D eigenvalue weighted by atomic mass is 10.1. The SMILES string of the molecule is Cc1ccc(C(C)Nc2ccc(F)cc2F)cc1. The summed E-state index contributed by atoms with van der Waals surface area (Å²) >= 11 is 0. The Bertz CT molecular complexity index is 535. The zero-order chi connectivity index (χ0) is 13.1. The molecule has 0 aliphatic rings. The minimum absolute atomic E-state index is 0.0365. The fourth-order valence-electron chi connectivity index (χ4n) is 1.78. The van der Waals surface area contributed by atoms with E-state index in [0.717, 1.165) is 11.6 Å². The van der Waals surface area contributed by atoms with Gasteiger partial charge in [-0.3, -0.25) is 0 Å². The highest BCUT2D eigenvalue weighted by Gasteiger charge is 2.08. The third-order valence-electron chi connectivity index (χ3n) is 2.88. The van der Waals surface area contributed by atoms with E-state index in [1.807, 2.05) is 38.1 Å². The van der Waals surface area contributed by atoms with Crippen molar-refractivity contribution in [1.29, 1.82) is 0 Å². The largest absolute Gasteiger partial charge is 0.376 e. The quantitative estimate of drug-likeness (QED) is 0.845. The van der Waals surface area contributed by atoms with Gasteiger partial charge in [0.15, 0.2) is 0 Å². The molecule has 3 heteroatoms. The van der Waals surface area contributed by atoms with Crippen molar-refractivity contribution in [3.8, 4) is 0 Å². The van der Waals surface area contributed by atoms with Crippen molar-refractivity contribution < 1.29 is 8.78 Å². The van der Waals surface area contributed by atoms with E-state index in [0.29, 0.717) is 5.69 Å². The minimum Gasteiger partial charge on any atom is -0.376 e. The molecule has 0 saturated heterocycles. The lowest BCUT2D eigenvalue weighted by molar-refractivity contribution is 0.584. The summed E-state index contributed by atoms with van der Waals surface area (Å²) in [6, 6.07) is 11.5. The molecule has 0 radical (unpaired) electrons. The zero-order valence-electron chi connectivity index (χ0n) is 10.4. The minimum atomic E-state index is -0.575. The molecule has 1 atom stereocenters. The molecule has 0 aliphatic heterocycles. The van der Waals surface area contributed by atoms with E-state index in [1.165, 1.54) is 17.7 Å². The predicted octanol–water partition coefficient (Wildman–Crippen LogP) is 4.45. The van der Waals surface area contributed by atoms with Gasteiger partial charge in [0, 0.05) is 12.1 Å². The van der Waals surface area contributed by atoms with Crippen molar-refractivity contribution in [2.24, 2.45) is 0 Å². The summed E-state index contributed by atoms with van der Waals surface area (Å²) in [5.74, 6) is -1.14. The lowest BCUT2D eigenvalue weighted by Crippen LogP contribution is -2.08. The molecular weight excluding hydrogens is 232 g/mol. The van der Waals surface area contributed by atoms with Gasteiger partial charge >= 0.3 is 0 Å². The van der Waals surface area contributed by atoms with Crippen LogP contribution in [-0.2, 0) is 0 Å². The Labute approximate surface area is 105 Å². The molecule has 1 unspecified atom stereocenters. The number of rotatable bonds is 3. The second kappa shape index (κ2) is 5.17. The number of benzene rings is 2. The summed E-state index contributed by atoms with van der Waals surface area (Å²) in [4.78, 5) is 0. The Morgan fingerprint density at radius 1 is 1.00 bits per heavy atom. The van der Waals surface area contributed by atoms with Gasteiger partial charge in [-0.15, -0.1) is 0 Å². The molecule has 0 saturated carbocycles. The van der Waals surface area contributed by atoms with E-state index < -0.39 is 11.6 Å². The maximum Gasteiger partial charge on any atom is 0.149 e. The predicted molar refractivity (Wildman–Crippen MR) is 69.6 cm³/mol. The van der Waals surface area contributed by atoms with E-state index in [2.05, 4.69) is 5.32 Å². The molecule has 18 heavy (non-hydrogen) atoms. The van der Waals surface area contributed by atoms with Crippen LogP contribution < -0.4 is 5.32 Å². The normalized spacial score (nSPS) is 12.2. The molecular formula is C15H15F2N. The average molecular weight is 247 g/mol. The standard InChI is InChI=1S/C15H15F2N/c1-10-3-5-12(6-4-10)11(2)18-15-8-7-13(16)9-14(15)17/h3-9,11,18H,1-2H3. The maximum absolute atomic E-state index is 13.5. The van der Waals surface area contributed by atoms with Crippen molar-refractivity contribution in [3.63, 3.8) is 0 Å². The summed E-state index contributed by atoms with van der Waals surface area (Å²) in [5, 5.41) is 3.03. The summed E-state index contributed by atoms with van der Waals surface area (Å²) < 4.78 is 26.3. The first-order valence-electron chi connectivity index (χ1n) is 5.84. The molecule has 1 nitrogen and oxygen atoms in total. The Balaban J connectivity index is 2.15. The van der Waals surface area contributed by atoms with Gasteiger partial charge in [-0.05, 0) is 31.5 Å². The van der Waals surface area contributed by atoms with Gasteiger partial charge in [-0.2, -0.15) is 0 Å². The van der Waals surface area contributed by atoms with Crippen LogP contribution in [0.4, 0.5) is 14.5 Å². The van der Waals surface area contributed by atoms with Gasteiger partial charge in [0.05, 0.1) is 5.69 Å². The van der Waals surface area contributed by atoms with E-state index >= 15 is 0 Å². The monoisotopic (exact) mass is 247 g/mol. The molecule has 2 rings (SSSR count). The van der Waals surface area contributed by atoms with Crippen molar-refractivity contribution in [2.75, 3.05) is 5.32 Å². The second-order valence-corrected chi connectivity index (χ2v) is 4.40. The zero-order valence-corrected chi connectivity index (χ0v) is 10.4. The molecule has 0 aliphatic carbocycles. The molecule has 2 aromatic rings. The number of hydrogen-bond donors (Lipinski definition) is 1. The summed E-state index contributed by atoms with van der Waals surface area (Å²) in [6.07, 6.45) is 0. The highest BCUT2D eigenvalue weighted by molar-refractivity contribution is 5.47. The van der Waals surface area contributed by atoms with Crippen LogP contribution in [0.15, 0.2) is 42.5 Å². The van der Waals surface area contributed by atoms with Crippen molar-refractivity contribution in [2.45, 2.75) is 19.9 Å². The molecule has 0 fully saturated rings. The Morgan fingerprint density at radius 3 is 2.28 bits per heavy atom. The third-order valence-corrected chi connectivity index (χ3v) is 2.88. The van der Waals surface area contributed by atoms with Crippen LogP contribution >= 0.6 is 0 Å². The number of nitrogens with one attached hydrogen (secondary N) is 1. The smallest absolute Gasteiger partial charge is 0.149 e. The highest BCUT2D eigenvalue weighted by atomic mass is 19.1. The van der Waals surface area contributed by atoms with Gasteiger partial charge in [-0.1, -0.05) is 29.8 Å².